The fraction of sp³-hybridized carbons (Fsp3) is 0.538. The number of piperidine rings is 1. The van der Waals surface area contributed by atoms with Crippen molar-refractivity contribution < 1.29 is 8.78 Å². The van der Waals surface area contributed by atoms with E-state index < -0.39 is 11.6 Å². The Bertz CT molecular complexity index is 345. The molecule has 1 nitrogen and oxygen atoms in total. The third-order valence-corrected chi connectivity index (χ3v) is 3.36. The molecule has 0 aromatic heterocycles. The van der Waals surface area contributed by atoms with Gasteiger partial charge in [-0.05, 0) is 38.4 Å². The summed E-state index contributed by atoms with van der Waals surface area (Å²) in [5, 5.41) is 0. The molecule has 0 spiro atoms. The summed E-state index contributed by atoms with van der Waals surface area (Å²) in [7, 11) is 0. The predicted octanol–water partition coefficient (Wildman–Crippen LogP) is 3.34. The number of benzene rings is 1. The standard InChI is InChI=1S/C13H17F2N/c1-10-5-2-3-8-16(10)9-11-12(14)6-4-7-13(11)15/h4,6-7,10H,2-3,5,8-9H2,1H3/t10-/m1/s1. The molecular weight excluding hydrogens is 208 g/mol. The zero-order valence-corrected chi connectivity index (χ0v) is 9.55. The highest BCUT2D eigenvalue weighted by molar-refractivity contribution is 5.19. The fourth-order valence-electron chi connectivity index (χ4n) is 2.28. The number of likely N-dealkylation sites (tertiary alicyclic amines) is 1. The monoisotopic (exact) mass is 225 g/mol. The van der Waals surface area contributed by atoms with E-state index in [1.807, 2.05) is 0 Å². The van der Waals surface area contributed by atoms with E-state index in [0.717, 1.165) is 19.4 Å². The fourth-order valence-corrected chi connectivity index (χ4v) is 2.28. The topological polar surface area (TPSA) is 3.24 Å². The highest BCUT2D eigenvalue weighted by atomic mass is 19.1. The second kappa shape index (κ2) is 4.91. The van der Waals surface area contributed by atoms with Gasteiger partial charge in [-0.3, -0.25) is 4.90 Å². The van der Waals surface area contributed by atoms with Gasteiger partial charge in [-0.2, -0.15) is 0 Å². The van der Waals surface area contributed by atoms with Crippen molar-refractivity contribution in [1.82, 2.24) is 4.90 Å². The summed E-state index contributed by atoms with van der Waals surface area (Å²) < 4.78 is 26.9. The smallest absolute Gasteiger partial charge is 0.130 e. The zero-order chi connectivity index (χ0) is 11.5. The summed E-state index contributed by atoms with van der Waals surface area (Å²) in [5.41, 5.74) is 0.205. The highest BCUT2D eigenvalue weighted by Crippen LogP contribution is 2.21. The van der Waals surface area contributed by atoms with Gasteiger partial charge in [0.15, 0.2) is 0 Å². The van der Waals surface area contributed by atoms with E-state index in [1.54, 1.807) is 0 Å². The first-order valence-corrected chi connectivity index (χ1v) is 5.85. The minimum absolute atomic E-state index is 0.205. The highest BCUT2D eigenvalue weighted by Gasteiger charge is 2.20. The van der Waals surface area contributed by atoms with Crippen LogP contribution in [-0.4, -0.2) is 17.5 Å². The van der Waals surface area contributed by atoms with Gasteiger partial charge in [0.1, 0.15) is 11.6 Å². The third-order valence-electron chi connectivity index (χ3n) is 3.36. The van der Waals surface area contributed by atoms with Crippen LogP contribution in [0.2, 0.25) is 0 Å². The summed E-state index contributed by atoms with van der Waals surface area (Å²) in [6.45, 7) is 3.45. The van der Waals surface area contributed by atoms with Crippen molar-refractivity contribution in [2.45, 2.75) is 38.8 Å². The van der Waals surface area contributed by atoms with E-state index in [2.05, 4.69) is 11.8 Å². The van der Waals surface area contributed by atoms with Gasteiger partial charge >= 0.3 is 0 Å². The van der Waals surface area contributed by atoms with Crippen LogP contribution in [0.4, 0.5) is 8.78 Å². The molecule has 1 aromatic carbocycles. The Balaban J connectivity index is 2.13. The average molecular weight is 225 g/mol. The molecule has 2 rings (SSSR count). The van der Waals surface area contributed by atoms with Gasteiger partial charge in [-0.15, -0.1) is 0 Å². The minimum Gasteiger partial charge on any atom is -0.296 e. The molecule has 88 valence electrons. The van der Waals surface area contributed by atoms with Gasteiger partial charge < -0.3 is 0 Å². The SMILES string of the molecule is C[C@@H]1CCCCN1Cc1c(F)cccc1F. The molecule has 0 bridgehead atoms. The Hall–Kier alpha value is -0.960. The average Bonchev–Trinajstić information content (AvgIpc) is 2.26. The third kappa shape index (κ3) is 2.40. The van der Waals surface area contributed by atoms with E-state index in [4.69, 9.17) is 0 Å². The Morgan fingerprint density at radius 2 is 1.94 bits per heavy atom. The predicted molar refractivity (Wildman–Crippen MR) is 60.1 cm³/mol. The molecule has 0 saturated carbocycles. The van der Waals surface area contributed by atoms with Crippen molar-refractivity contribution >= 4 is 0 Å². The number of hydrogen-bond donors (Lipinski definition) is 0. The van der Waals surface area contributed by atoms with Crippen molar-refractivity contribution in [2.24, 2.45) is 0 Å². The molecule has 0 aliphatic carbocycles. The van der Waals surface area contributed by atoms with Crippen LogP contribution in [0.1, 0.15) is 31.7 Å². The first-order valence-electron chi connectivity index (χ1n) is 5.85. The van der Waals surface area contributed by atoms with Crippen LogP contribution in [-0.2, 0) is 6.54 Å². The Morgan fingerprint density at radius 1 is 1.25 bits per heavy atom. The zero-order valence-electron chi connectivity index (χ0n) is 9.55. The van der Waals surface area contributed by atoms with Crippen LogP contribution in [0.25, 0.3) is 0 Å². The molecule has 3 heteroatoms. The van der Waals surface area contributed by atoms with Crippen molar-refractivity contribution in [3.63, 3.8) is 0 Å². The molecule has 0 amide bonds. The molecule has 16 heavy (non-hydrogen) atoms. The first kappa shape index (κ1) is 11.5. The summed E-state index contributed by atoms with van der Waals surface area (Å²) >= 11 is 0. The summed E-state index contributed by atoms with van der Waals surface area (Å²) in [5.74, 6) is -0.865. The van der Waals surface area contributed by atoms with Crippen LogP contribution >= 0.6 is 0 Å². The van der Waals surface area contributed by atoms with E-state index in [0.29, 0.717) is 12.6 Å². The van der Waals surface area contributed by atoms with Gasteiger partial charge in [0.2, 0.25) is 0 Å². The molecule has 1 atom stereocenters. The van der Waals surface area contributed by atoms with Crippen LogP contribution in [0.15, 0.2) is 18.2 Å². The van der Waals surface area contributed by atoms with Crippen molar-refractivity contribution in [1.29, 1.82) is 0 Å². The minimum atomic E-state index is -0.433. The normalized spacial score (nSPS) is 22.3. The van der Waals surface area contributed by atoms with Crippen LogP contribution in [0.3, 0.4) is 0 Å². The maximum Gasteiger partial charge on any atom is 0.130 e. The summed E-state index contributed by atoms with van der Waals surface area (Å²) in [6.07, 6.45) is 3.47. The summed E-state index contributed by atoms with van der Waals surface area (Å²) in [6, 6.07) is 4.49. The van der Waals surface area contributed by atoms with Crippen LogP contribution < -0.4 is 0 Å². The maximum absolute atomic E-state index is 13.5. The molecule has 1 aliphatic heterocycles. The van der Waals surface area contributed by atoms with E-state index in [1.165, 1.54) is 24.6 Å². The lowest BCUT2D eigenvalue weighted by atomic mass is 10.0. The summed E-state index contributed by atoms with van der Waals surface area (Å²) in [4.78, 5) is 2.16. The maximum atomic E-state index is 13.5. The van der Waals surface area contributed by atoms with Crippen LogP contribution in [0, 0.1) is 11.6 Å². The molecule has 1 aromatic rings. The van der Waals surface area contributed by atoms with Crippen molar-refractivity contribution in [2.75, 3.05) is 6.54 Å². The Kier molecular flexibility index (Phi) is 3.54. The number of nitrogens with zero attached hydrogens (tertiary/aromatic N) is 1. The first-order chi connectivity index (χ1) is 7.68. The van der Waals surface area contributed by atoms with Crippen molar-refractivity contribution in [3.8, 4) is 0 Å². The van der Waals surface area contributed by atoms with Gasteiger partial charge in [-0.1, -0.05) is 12.5 Å². The molecule has 1 aliphatic rings. The lowest BCUT2D eigenvalue weighted by molar-refractivity contribution is 0.149. The number of rotatable bonds is 2. The molecule has 1 fully saturated rings. The van der Waals surface area contributed by atoms with E-state index >= 15 is 0 Å². The van der Waals surface area contributed by atoms with Crippen LogP contribution in [0.5, 0.6) is 0 Å². The second-order valence-corrected chi connectivity index (χ2v) is 4.52. The van der Waals surface area contributed by atoms with E-state index in [9.17, 15) is 8.78 Å². The number of hydrogen-bond acceptors (Lipinski definition) is 1. The second-order valence-electron chi connectivity index (χ2n) is 4.52. The molecule has 0 radical (unpaired) electrons. The van der Waals surface area contributed by atoms with Gasteiger partial charge in [0.05, 0.1) is 0 Å². The lowest BCUT2D eigenvalue weighted by Gasteiger charge is -2.33. The Labute approximate surface area is 95.1 Å². The Morgan fingerprint density at radius 3 is 2.56 bits per heavy atom. The molecule has 0 N–H and O–H groups in total. The molecule has 1 saturated heterocycles. The van der Waals surface area contributed by atoms with Gasteiger partial charge in [0.25, 0.3) is 0 Å². The van der Waals surface area contributed by atoms with Gasteiger partial charge in [-0.25, -0.2) is 8.78 Å². The number of halogens is 2. The van der Waals surface area contributed by atoms with Crippen molar-refractivity contribution in [3.05, 3.63) is 35.4 Å². The molecule has 0 unspecified atom stereocenters. The van der Waals surface area contributed by atoms with E-state index in [-0.39, 0.29) is 5.56 Å². The van der Waals surface area contributed by atoms with Gasteiger partial charge in [0, 0.05) is 18.2 Å². The lowest BCUT2D eigenvalue weighted by Crippen LogP contribution is -2.37. The quantitative estimate of drug-likeness (QED) is 0.746. The largest absolute Gasteiger partial charge is 0.296 e. The molecule has 1 heterocycles. The molecular formula is C13H17F2N.